The number of rotatable bonds is 4. The molecule has 0 radical (unpaired) electrons. The second kappa shape index (κ2) is 5.21. The van der Waals surface area contributed by atoms with Gasteiger partial charge in [0.05, 0.1) is 12.8 Å². The van der Waals surface area contributed by atoms with Crippen molar-refractivity contribution in [1.29, 1.82) is 0 Å². The molecule has 2 N–H and O–H groups in total. The van der Waals surface area contributed by atoms with Gasteiger partial charge < -0.3 is 15.4 Å². The minimum absolute atomic E-state index is 0.791. The van der Waals surface area contributed by atoms with Crippen LogP contribution in [0.25, 0.3) is 0 Å². The van der Waals surface area contributed by atoms with E-state index < -0.39 is 0 Å². The minimum Gasteiger partial charge on any atom is -0.495 e. The number of hydrogen-bond acceptors (Lipinski definition) is 3. The van der Waals surface area contributed by atoms with Crippen LogP contribution in [-0.4, -0.2) is 31.6 Å². The molecule has 2 rings (SSSR count). The van der Waals surface area contributed by atoms with E-state index in [1.165, 1.54) is 31.5 Å². The van der Waals surface area contributed by atoms with Gasteiger partial charge in [0.15, 0.2) is 0 Å². The number of hydrogen-bond donors (Lipinski definition) is 1. The van der Waals surface area contributed by atoms with Gasteiger partial charge in [-0.05, 0) is 44.0 Å². The lowest BCUT2D eigenvalue weighted by Gasteiger charge is -2.16. The molecule has 0 saturated carbocycles. The standard InChI is InChI=1S/C13H20N2O/c1-16-12-6-4-5-11(13(12)14)7-10-15-8-2-3-9-15/h4-6H,2-3,7-10,14H2,1H3. The lowest BCUT2D eigenvalue weighted by Crippen LogP contribution is -2.22. The van der Waals surface area contributed by atoms with E-state index >= 15 is 0 Å². The summed E-state index contributed by atoms with van der Waals surface area (Å²) in [6.07, 6.45) is 3.70. The van der Waals surface area contributed by atoms with Crippen LogP contribution in [-0.2, 0) is 6.42 Å². The zero-order valence-electron chi connectivity index (χ0n) is 9.91. The Morgan fingerprint density at radius 1 is 1.31 bits per heavy atom. The Morgan fingerprint density at radius 3 is 2.75 bits per heavy atom. The Labute approximate surface area is 97.2 Å². The van der Waals surface area contributed by atoms with E-state index in [0.29, 0.717) is 0 Å². The number of nitrogens with two attached hydrogens (primary N) is 1. The van der Waals surface area contributed by atoms with Gasteiger partial charge in [0.2, 0.25) is 0 Å². The lowest BCUT2D eigenvalue weighted by atomic mass is 10.1. The first kappa shape index (κ1) is 11.3. The van der Waals surface area contributed by atoms with E-state index in [0.717, 1.165) is 24.4 Å². The van der Waals surface area contributed by atoms with Crippen molar-refractivity contribution in [2.24, 2.45) is 0 Å². The molecule has 1 aromatic rings. The average molecular weight is 220 g/mol. The largest absolute Gasteiger partial charge is 0.495 e. The van der Waals surface area contributed by atoms with Crippen LogP contribution in [0.15, 0.2) is 18.2 Å². The third-order valence-corrected chi connectivity index (χ3v) is 3.27. The summed E-state index contributed by atoms with van der Waals surface area (Å²) in [6.45, 7) is 3.59. The number of nitrogen functional groups attached to an aromatic ring is 1. The molecule has 0 aromatic heterocycles. The summed E-state index contributed by atoms with van der Waals surface area (Å²) in [5.41, 5.74) is 8.03. The van der Waals surface area contributed by atoms with E-state index in [4.69, 9.17) is 10.5 Å². The van der Waals surface area contributed by atoms with Gasteiger partial charge in [0.25, 0.3) is 0 Å². The van der Waals surface area contributed by atoms with Crippen LogP contribution in [0, 0.1) is 0 Å². The van der Waals surface area contributed by atoms with Gasteiger partial charge in [0.1, 0.15) is 5.75 Å². The number of benzene rings is 1. The van der Waals surface area contributed by atoms with Crippen LogP contribution in [0.4, 0.5) is 5.69 Å². The fourth-order valence-electron chi connectivity index (χ4n) is 2.27. The molecule has 0 amide bonds. The highest BCUT2D eigenvalue weighted by molar-refractivity contribution is 5.58. The molecule has 3 nitrogen and oxygen atoms in total. The number of ether oxygens (including phenoxy) is 1. The van der Waals surface area contributed by atoms with Crippen LogP contribution in [0.5, 0.6) is 5.75 Å². The second-order valence-corrected chi connectivity index (χ2v) is 4.33. The highest BCUT2D eigenvalue weighted by atomic mass is 16.5. The molecule has 1 aliphatic rings. The molecular weight excluding hydrogens is 200 g/mol. The molecule has 3 heteroatoms. The van der Waals surface area contributed by atoms with Gasteiger partial charge >= 0.3 is 0 Å². The summed E-state index contributed by atoms with van der Waals surface area (Å²) in [4.78, 5) is 2.50. The Balaban J connectivity index is 1.97. The number of anilines is 1. The maximum absolute atomic E-state index is 6.04. The van der Waals surface area contributed by atoms with Crippen molar-refractivity contribution >= 4 is 5.69 Å². The normalized spacial score (nSPS) is 16.6. The molecule has 1 fully saturated rings. The first-order chi connectivity index (χ1) is 7.81. The van der Waals surface area contributed by atoms with Crippen LogP contribution in [0.1, 0.15) is 18.4 Å². The molecule has 1 saturated heterocycles. The molecule has 0 atom stereocenters. The topological polar surface area (TPSA) is 38.5 Å². The van der Waals surface area contributed by atoms with Crippen molar-refractivity contribution in [3.05, 3.63) is 23.8 Å². The highest BCUT2D eigenvalue weighted by Crippen LogP contribution is 2.25. The van der Waals surface area contributed by atoms with Crippen molar-refractivity contribution in [2.75, 3.05) is 32.5 Å². The first-order valence-corrected chi connectivity index (χ1v) is 5.95. The molecule has 16 heavy (non-hydrogen) atoms. The lowest BCUT2D eigenvalue weighted by molar-refractivity contribution is 0.343. The predicted octanol–water partition coefficient (Wildman–Crippen LogP) is 1.92. The molecule has 0 bridgehead atoms. The predicted molar refractivity (Wildman–Crippen MR) is 66.8 cm³/mol. The van der Waals surface area contributed by atoms with E-state index in [2.05, 4.69) is 11.0 Å². The summed E-state index contributed by atoms with van der Waals surface area (Å²) < 4.78 is 5.22. The van der Waals surface area contributed by atoms with Crippen LogP contribution in [0.2, 0.25) is 0 Å². The monoisotopic (exact) mass is 220 g/mol. The number of likely N-dealkylation sites (tertiary alicyclic amines) is 1. The molecule has 1 aliphatic heterocycles. The Kier molecular flexibility index (Phi) is 3.67. The van der Waals surface area contributed by atoms with E-state index in [1.807, 2.05) is 12.1 Å². The van der Waals surface area contributed by atoms with Gasteiger partial charge in [-0.15, -0.1) is 0 Å². The second-order valence-electron chi connectivity index (χ2n) is 4.33. The van der Waals surface area contributed by atoms with E-state index in [1.54, 1.807) is 7.11 Å². The summed E-state index contributed by atoms with van der Waals surface area (Å²) in [7, 11) is 1.66. The van der Waals surface area contributed by atoms with Crippen molar-refractivity contribution in [2.45, 2.75) is 19.3 Å². The van der Waals surface area contributed by atoms with E-state index in [-0.39, 0.29) is 0 Å². The van der Waals surface area contributed by atoms with Crippen LogP contribution >= 0.6 is 0 Å². The average Bonchev–Trinajstić information content (AvgIpc) is 2.81. The quantitative estimate of drug-likeness (QED) is 0.788. The number of para-hydroxylation sites is 1. The molecule has 88 valence electrons. The molecule has 0 aliphatic carbocycles. The fraction of sp³-hybridized carbons (Fsp3) is 0.538. The van der Waals surface area contributed by atoms with Crippen molar-refractivity contribution in [3.8, 4) is 5.75 Å². The molecule has 1 aromatic carbocycles. The fourth-order valence-corrected chi connectivity index (χ4v) is 2.27. The minimum atomic E-state index is 0.791. The third kappa shape index (κ3) is 2.47. The zero-order chi connectivity index (χ0) is 11.4. The maximum atomic E-state index is 6.04. The summed E-state index contributed by atoms with van der Waals surface area (Å²) in [6, 6.07) is 6.01. The van der Waals surface area contributed by atoms with Gasteiger partial charge in [0, 0.05) is 6.54 Å². The van der Waals surface area contributed by atoms with Crippen LogP contribution < -0.4 is 10.5 Å². The zero-order valence-corrected chi connectivity index (χ0v) is 9.91. The smallest absolute Gasteiger partial charge is 0.142 e. The van der Waals surface area contributed by atoms with Crippen molar-refractivity contribution in [1.82, 2.24) is 4.90 Å². The molecule has 0 spiro atoms. The van der Waals surface area contributed by atoms with Crippen molar-refractivity contribution < 1.29 is 4.74 Å². The van der Waals surface area contributed by atoms with Gasteiger partial charge in [-0.25, -0.2) is 0 Å². The highest BCUT2D eigenvalue weighted by Gasteiger charge is 2.12. The maximum Gasteiger partial charge on any atom is 0.142 e. The molecule has 0 unspecified atom stereocenters. The summed E-state index contributed by atoms with van der Waals surface area (Å²) in [5.74, 6) is 0.791. The Hall–Kier alpha value is -1.22. The summed E-state index contributed by atoms with van der Waals surface area (Å²) >= 11 is 0. The molecule has 1 heterocycles. The number of methoxy groups -OCH3 is 1. The van der Waals surface area contributed by atoms with Gasteiger partial charge in [-0.1, -0.05) is 12.1 Å². The Bertz CT molecular complexity index is 346. The first-order valence-electron chi connectivity index (χ1n) is 5.95. The van der Waals surface area contributed by atoms with Gasteiger partial charge in [-0.2, -0.15) is 0 Å². The Morgan fingerprint density at radius 2 is 2.06 bits per heavy atom. The van der Waals surface area contributed by atoms with E-state index in [9.17, 15) is 0 Å². The van der Waals surface area contributed by atoms with Crippen molar-refractivity contribution in [3.63, 3.8) is 0 Å². The third-order valence-electron chi connectivity index (χ3n) is 3.27. The number of nitrogens with zero attached hydrogens (tertiary/aromatic N) is 1. The van der Waals surface area contributed by atoms with Crippen LogP contribution in [0.3, 0.4) is 0 Å². The summed E-state index contributed by atoms with van der Waals surface area (Å²) in [5, 5.41) is 0. The van der Waals surface area contributed by atoms with Gasteiger partial charge in [-0.3, -0.25) is 0 Å². The molecular formula is C13H20N2O. The SMILES string of the molecule is COc1cccc(CCN2CCCC2)c1N.